The van der Waals surface area contributed by atoms with Gasteiger partial charge in [0.05, 0.1) is 11.9 Å². The molecule has 0 unspecified atom stereocenters. The highest BCUT2D eigenvalue weighted by Gasteiger charge is 2.29. The van der Waals surface area contributed by atoms with Gasteiger partial charge in [0, 0.05) is 30.8 Å². The van der Waals surface area contributed by atoms with Crippen LogP contribution in [0.15, 0.2) is 18.3 Å². The lowest BCUT2D eigenvalue weighted by Gasteiger charge is -2.06. The first-order valence-electron chi connectivity index (χ1n) is 7.26. The van der Waals surface area contributed by atoms with E-state index in [2.05, 4.69) is 19.8 Å². The van der Waals surface area contributed by atoms with E-state index in [4.69, 9.17) is 0 Å². The number of nitrogens with one attached hydrogen (secondary N) is 1. The van der Waals surface area contributed by atoms with E-state index in [1.54, 1.807) is 10.9 Å². The second-order valence-corrected chi connectivity index (χ2v) is 7.48. The highest BCUT2D eigenvalue weighted by molar-refractivity contribution is 7.88. The maximum absolute atomic E-state index is 11.2. The SMILES string of the molecule is Cc1cc(-n2nc(C3CC3)nc2CCNS(C)(=O)=O)ccn1. The van der Waals surface area contributed by atoms with Gasteiger partial charge in [-0.05, 0) is 31.9 Å². The van der Waals surface area contributed by atoms with Gasteiger partial charge in [-0.2, -0.15) is 5.10 Å². The fourth-order valence-corrected chi connectivity index (χ4v) is 2.73. The van der Waals surface area contributed by atoms with E-state index in [1.165, 1.54) is 0 Å². The van der Waals surface area contributed by atoms with Crippen LogP contribution in [0.3, 0.4) is 0 Å². The molecule has 1 aliphatic carbocycles. The molecule has 0 atom stereocenters. The Labute approximate surface area is 129 Å². The van der Waals surface area contributed by atoms with E-state index in [0.29, 0.717) is 18.9 Å². The van der Waals surface area contributed by atoms with Crippen molar-refractivity contribution in [1.29, 1.82) is 0 Å². The highest BCUT2D eigenvalue weighted by Crippen LogP contribution is 2.38. The van der Waals surface area contributed by atoms with Gasteiger partial charge in [0.15, 0.2) is 5.82 Å². The molecule has 0 radical (unpaired) electrons. The molecule has 8 heteroatoms. The third kappa shape index (κ3) is 3.69. The zero-order chi connectivity index (χ0) is 15.7. The van der Waals surface area contributed by atoms with Crippen LogP contribution in [-0.4, -0.2) is 41.0 Å². The summed E-state index contributed by atoms with van der Waals surface area (Å²) in [5.74, 6) is 2.07. The zero-order valence-corrected chi connectivity index (χ0v) is 13.5. The molecule has 1 saturated carbocycles. The van der Waals surface area contributed by atoms with Crippen molar-refractivity contribution in [1.82, 2.24) is 24.5 Å². The number of aryl methyl sites for hydroxylation is 1. The molecule has 7 nitrogen and oxygen atoms in total. The van der Waals surface area contributed by atoms with E-state index in [9.17, 15) is 8.42 Å². The molecule has 2 aromatic rings. The summed E-state index contributed by atoms with van der Waals surface area (Å²) >= 11 is 0. The molecule has 0 bridgehead atoms. The van der Waals surface area contributed by atoms with Gasteiger partial charge in [0.25, 0.3) is 0 Å². The van der Waals surface area contributed by atoms with Crippen molar-refractivity contribution in [2.45, 2.75) is 32.1 Å². The summed E-state index contributed by atoms with van der Waals surface area (Å²) in [4.78, 5) is 8.78. The van der Waals surface area contributed by atoms with Gasteiger partial charge in [0.2, 0.25) is 10.0 Å². The summed E-state index contributed by atoms with van der Waals surface area (Å²) in [6.45, 7) is 2.23. The van der Waals surface area contributed by atoms with Crippen molar-refractivity contribution in [3.63, 3.8) is 0 Å². The predicted octanol–water partition coefficient (Wildman–Crippen LogP) is 0.940. The van der Waals surface area contributed by atoms with Crippen LogP contribution in [0, 0.1) is 6.92 Å². The molecule has 0 spiro atoms. The molecule has 1 N–H and O–H groups in total. The molecule has 2 aromatic heterocycles. The van der Waals surface area contributed by atoms with Crippen LogP contribution < -0.4 is 4.72 Å². The van der Waals surface area contributed by atoms with Crippen LogP contribution >= 0.6 is 0 Å². The van der Waals surface area contributed by atoms with Gasteiger partial charge >= 0.3 is 0 Å². The lowest BCUT2D eigenvalue weighted by Crippen LogP contribution is -2.25. The molecule has 0 amide bonds. The Morgan fingerprint density at radius 3 is 2.82 bits per heavy atom. The van der Waals surface area contributed by atoms with Crippen molar-refractivity contribution in [3.05, 3.63) is 35.7 Å². The summed E-state index contributed by atoms with van der Waals surface area (Å²) in [6, 6.07) is 3.82. The Balaban J connectivity index is 1.87. The minimum absolute atomic E-state index is 0.311. The van der Waals surface area contributed by atoms with Gasteiger partial charge in [0.1, 0.15) is 5.82 Å². The molecule has 0 aliphatic heterocycles. The first-order valence-corrected chi connectivity index (χ1v) is 9.15. The predicted molar refractivity (Wildman–Crippen MR) is 82.4 cm³/mol. The van der Waals surface area contributed by atoms with Gasteiger partial charge in [-0.25, -0.2) is 22.8 Å². The summed E-state index contributed by atoms with van der Waals surface area (Å²) in [5.41, 5.74) is 1.81. The molecule has 1 aliphatic rings. The number of hydrogen-bond donors (Lipinski definition) is 1. The quantitative estimate of drug-likeness (QED) is 0.855. The average Bonchev–Trinajstić information content (AvgIpc) is 3.19. The fraction of sp³-hybridized carbons (Fsp3) is 0.500. The molecular formula is C14H19N5O2S. The van der Waals surface area contributed by atoms with Crippen LogP contribution in [0.2, 0.25) is 0 Å². The van der Waals surface area contributed by atoms with Gasteiger partial charge < -0.3 is 0 Å². The molecule has 0 saturated heterocycles. The smallest absolute Gasteiger partial charge is 0.208 e. The topological polar surface area (TPSA) is 89.8 Å². The Hall–Kier alpha value is -1.80. The van der Waals surface area contributed by atoms with Crippen molar-refractivity contribution >= 4 is 10.0 Å². The molecule has 118 valence electrons. The second kappa shape index (κ2) is 5.77. The Bertz CT molecular complexity index is 780. The molecular weight excluding hydrogens is 302 g/mol. The van der Waals surface area contributed by atoms with Crippen molar-refractivity contribution in [2.24, 2.45) is 0 Å². The van der Waals surface area contributed by atoms with E-state index in [1.807, 2.05) is 19.1 Å². The minimum atomic E-state index is -3.19. The largest absolute Gasteiger partial charge is 0.261 e. The van der Waals surface area contributed by atoms with Crippen molar-refractivity contribution in [3.8, 4) is 5.69 Å². The van der Waals surface area contributed by atoms with Crippen LogP contribution in [0.25, 0.3) is 5.69 Å². The Morgan fingerprint density at radius 1 is 1.41 bits per heavy atom. The third-order valence-corrected chi connectivity index (χ3v) is 4.20. The van der Waals surface area contributed by atoms with Gasteiger partial charge in [-0.15, -0.1) is 0 Å². The van der Waals surface area contributed by atoms with E-state index in [0.717, 1.165) is 42.1 Å². The first kappa shape index (κ1) is 15.1. The van der Waals surface area contributed by atoms with E-state index in [-0.39, 0.29) is 0 Å². The standard InChI is InChI=1S/C14H19N5O2S/c1-10-9-12(5-7-15-10)19-13(6-8-16-22(2,20)21)17-14(18-19)11-3-4-11/h5,7,9,11,16H,3-4,6,8H2,1-2H3. The van der Waals surface area contributed by atoms with Gasteiger partial charge in [-0.1, -0.05) is 0 Å². The molecule has 0 aromatic carbocycles. The van der Waals surface area contributed by atoms with Crippen LogP contribution in [0.4, 0.5) is 0 Å². The summed E-state index contributed by atoms with van der Waals surface area (Å²) < 4.78 is 26.7. The summed E-state index contributed by atoms with van der Waals surface area (Å²) in [6.07, 6.45) is 5.64. The van der Waals surface area contributed by atoms with Crippen LogP contribution in [0.5, 0.6) is 0 Å². The third-order valence-electron chi connectivity index (χ3n) is 3.47. The highest BCUT2D eigenvalue weighted by atomic mass is 32.2. The second-order valence-electron chi connectivity index (χ2n) is 5.64. The minimum Gasteiger partial charge on any atom is -0.261 e. The zero-order valence-electron chi connectivity index (χ0n) is 12.7. The molecule has 2 heterocycles. The normalized spacial score (nSPS) is 15.2. The van der Waals surface area contributed by atoms with Crippen molar-refractivity contribution < 1.29 is 8.42 Å². The number of pyridine rings is 1. The first-order chi connectivity index (χ1) is 10.4. The average molecular weight is 321 g/mol. The van der Waals surface area contributed by atoms with Crippen LogP contribution in [-0.2, 0) is 16.4 Å². The van der Waals surface area contributed by atoms with Crippen LogP contribution in [0.1, 0.15) is 36.1 Å². The lowest BCUT2D eigenvalue weighted by atomic mass is 10.3. The number of hydrogen-bond acceptors (Lipinski definition) is 5. The monoisotopic (exact) mass is 321 g/mol. The lowest BCUT2D eigenvalue weighted by molar-refractivity contribution is 0.586. The maximum Gasteiger partial charge on any atom is 0.208 e. The number of nitrogens with zero attached hydrogens (tertiary/aromatic N) is 4. The van der Waals surface area contributed by atoms with Crippen molar-refractivity contribution in [2.75, 3.05) is 12.8 Å². The van der Waals surface area contributed by atoms with E-state index < -0.39 is 10.0 Å². The number of aromatic nitrogens is 4. The molecule has 1 fully saturated rings. The summed E-state index contributed by atoms with van der Waals surface area (Å²) in [5, 5.41) is 4.60. The molecule has 22 heavy (non-hydrogen) atoms. The van der Waals surface area contributed by atoms with Gasteiger partial charge in [-0.3, -0.25) is 4.98 Å². The summed E-state index contributed by atoms with van der Waals surface area (Å²) in [7, 11) is -3.19. The molecule has 3 rings (SSSR count). The number of sulfonamides is 1. The maximum atomic E-state index is 11.2. The number of rotatable bonds is 6. The Kier molecular flexibility index (Phi) is 3.96. The Morgan fingerprint density at radius 2 is 2.18 bits per heavy atom. The van der Waals surface area contributed by atoms with E-state index >= 15 is 0 Å². The fourth-order valence-electron chi connectivity index (χ4n) is 2.26.